The van der Waals surface area contributed by atoms with Crippen molar-refractivity contribution in [3.63, 3.8) is 0 Å². The van der Waals surface area contributed by atoms with Crippen LogP contribution in [-0.4, -0.2) is 58.4 Å². The molecule has 0 atom stereocenters. The number of nitrogens with zero attached hydrogens (tertiary/aromatic N) is 1. The molecule has 2 aromatic rings. The van der Waals surface area contributed by atoms with Crippen molar-refractivity contribution < 1.29 is 27.4 Å². The Morgan fingerprint density at radius 1 is 1.09 bits per heavy atom. The van der Waals surface area contributed by atoms with Crippen LogP contribution in [0.25, 0.3) is 0 Å². The van der Waals surface area contributed by atoms with E-state index in [0.29, 0.717) is 49.9 Å². The van der Waals surface area contributed by atoms with E-state index in [0.717, 1.165) is 12.8 Å². The number of benzene rings is 2. The zero-order chi connectivity index (χ0) is 22.6. The Kier molecular flexibility index (Phi) is 6.98. The minimum absolute atomic E-state index is 0.0416. The van der Waals surface area contributed by atoms with Gasteiger partial charge in [0.1, 0.15) is 5.75 Å². The number of piperidine rings is 1. The summed E-state index contributed by atoms with van der Waals surface area (Å²) in [5, 5.41) is 0. The molecule has 2 heterocycles. The van der Waals surface area contributed by atoms with E-state index in [-0.39, 0.29) is 23.0 Å². The van der Waals surface area contributed by atoms with Crippen molar-refractivity contribution in [3.05, 3.63) is 54.1 Å². The van der Waals surface area contributed by atoms with Gasteiger partial charge in [0.2, 0.25) is 0 Å². The number of rotatable bonds is 7. The monoisotopic (exact) mass is 460 g/mol. The van der Waals surface area contributed by atoms with Gasteiger partial charge in [0.05, 0.1) is 24.7 Å². The van der Waals surface area contributed by atoms with Gasteiger partial charge in [-0.05, 0) is 62.2 Å². The van der Waals surface area contributed by atoms with Gasteiger partial charge in [0, 0.05) is 30.3 Å². The van der Waals surface area contributed by atoms with Crippen LogP contribution in [0.3, 0.4) is 0 Å². The van der Waals surface area contributed by atoms with E-state index in [1.807, 2.05) is 6.92 Å². The Balaban J connectivity index is 1.41. The number of anilines is 1. The molecule has 9 heteroatoms. The molecule has 0 aliphatic carbocycles. The number of hydrogen-bond donors (Lipinski definition) is 1. The minimum atomic E-state index is -3.84. The molecular formula is C23H28N2O6S. The smallest absolute Gasteiger partial charge is 0.261 e. The van der Waals surface area contributed by atoms with Gasteiger partial charge in [0.15, 0.2) is 6.29 Å². The molecule has 2 aliphatic heterocycles. The molecule has 2 aliphatic rings. The van der Waals surface area contributed by atoms with Crippen LogP contribution in [0.2, 0.25) is 0 Å². The van der Waals surface area contributed by atoms with Crippen LogP contribution in [0.5, 0.6) is 5.75 Å². The number of carbonyl (C=O) groups excluding carboxylic acids is 1. The van der Waals surface area contributed by atoms with Gasteiger partial charge >= 0.3 is 0 Å². The summed E-state index contributed by atoms with van der Waals surface area (Å²) in [6.07, 6.45) is 1.43. The zero-order valence-corrected chi connectivity index (χ0v) is 18.8. The van der Waals surface area contributed by atoms with Crippen molar-refractivity contribution in [2.24, 2.45) is 5.92 Å². The van der Waals surface area contributed by atoms with Crippen LogP contribution in [0.1, 0.15) is 30.1 Å². The summed E-state index contributed by atoms with van der Waals surface area (Å²) in [6, 6.07) is 12.8. The maximum atomic E-state index is 13.0. The van der Waals surface area contributed by atoms with Gasteiger partial charge in [0.25, 0.3) is 15.9 Å². The lowest BCUT2D eigenvalue weighted by atomic mass is 9.95. The molecule has 2 saturated heterocycles. The van der Waals surface area contributed by atoms with Crippen molar-refractivity contribution in [1.82, 2.24) is 4.90 Å². The molecule has 0 unspecified atom stereocenters. The number of ether oxygens (including phenoxy) is 3. The Labute approximate surface area is 188 Å². The van der Waals surface area contributed by atoms with E-state index in [4.69, 9.17) is 14.2 Å². The van der Waals surface area contributed by atoms with Gasteiger partial charge in [-0.1, -0.05) is 6.07 Å². The zero-order valence-electron chi connectivity index (χ0n) is 18.0. The summed E-state index contributed by atoms with van der Waals surface area (Å²) in [5.74, 6) is 0.777. The standard InChI is InChI=1S/C23H28N2O6S/c1-2-29-20-8-6-19(7-9-20)24-32(27,28)21-5-3-4-18(16-21)22(26)25-12-10-17(11-13-25)23-30-14-15-31-23/h3-9,16-17,23-24H,2,10-15H2,1H3. The summed E-state index contributed by atoms with van der Waals surface area (Å²) in [4.78, 5) is 14.8. The number of nitrogens with one attached hydrogen (secondary N) is 1. The molecule has 0 bridgehead atoms. The molecule has 2 aromatic carbocycles. The second-order valence-corrected chi connectivity index (χ2v) is 9.51. The van der Waals surface area contributed by atoms with Gasteiger partial charge < -0.3 is 19.1 Å². The summed E-state index contributed by atoms with van der Waals surface area (Å²) in [5.41, 5.74) is 0.773. The highest BCUT2D eigenvalue weighted by Crippen LogP contribution is 2.27. The lowest BCUT2D eigenvalue weighted by Gasteiger charge is -2.34. The number of hydrogen-bond acceptors (Lipinski definition) is 6. The lowest BCUT2D eigenvalue weighted by molar-refractivity contribution is -0.0956. The first-order valence-electron chi connectivity index (χ1n) is 10.8. The number of carbonyl (C=O) groups is 1. The molecule has 2 fully saturated rings. The SMILES string of the molecule is CCOc1ccc(NS(=O)(=O)c2cccc(C(=O)N3CCC(C4OCCO4)CC3)c2)cc1. The van der Waals surface area contributed by atoms with Crippen LogP contribution in [0, 0.1) is 5.92 Å². The topological polar surface area (TPSA) is 94.2 Å². The van der Waals surface area contributed by atoms with Crippen LogP contribution in [0.15, 0.2) is 53.4 Å². The summed E-state index contributed by atoms with van der Waals surface area (Å²) < 4.78 is 44.8. The molecule has 1 amide bonds. The van der Waals surface area contributed by atoms with E-state index < -0.39 is 10.0 Å². The fourth-order valence-corrected chi connectivity index (χ4v) is 5.11. The average molecular weight is 461 g/mol. The lowest BCUT2D eigenvalue weighted by Crippen LogP contribution is -2.41. The largest absolute Gasteiger partial charge is 0.494 e. The molecular weight excluding hydrogens is 432 g/mol. The third kappa shape index (κ3) is 5.23. The van der Waals surface area contributed by atoms with Crippen LogP contribution in [0.4, 0.5) is 5.69 Å². The second-order valence-electron chi connectivity index (χ2n) is 7.83. The Bertz CT molecular complexity index is 1030. The van der Waals surface area contributed by atoms with Gasteiger partial charge in [-0.15, -0.1) is 0 Å². The van der Waals surface area contributed by atoms with E-state index in [2.05, 4.69) is 4.72 Å². The molecule has 4 rings (SSSR count). The van der Waals surface area contributed by atoms with Crippen molar-refractivity contribution in [1.29, 1.82) is 0 Å². The minimum Gasteiger partial charge on any atom is -0.494 e. The fraction of sp³-hybridized carbons (Fsp3) is 0.435. The number of likely N-dealkylation sites (tertiary alicyclic amines) is 1. The van der Waals surface area contributed by atoms with E-state index >= 15 is 0 Å². The normalized spacial score (nSPS) is 18.0. The van der Waals surface area contributed by atoms with Crippen molar-refractivity contribution >= 4 is 21.6 Å². The van der Waals surface area contributed by atoms with E-state index in [1.165, 1.54) is 12.1 Å². The molecule has 8 nitrogen and oxygen atoms in total. The second kappa shape index (κ2) is 9.89. The van der Waals surface area contributed by atoms with E-state index in [9.17, 15) is 13.2 Å². The first-order valence-corrected chi connectivity index (χ1v) is 12.3. The molecule has 0 saturated carbocycles. The third-order valence-corrected chi connectivity index (χ3v) is 7.05. The van der Waals surface area contributed by atoms with Gasteiger partial charge in [-0.2, -0.15) is 0 Å². The highest BCUT2D eigenvalue weighted by molar-refractivity contribution is 7.92. The van der Waals surface area contributed by atoms with Crippen LogP contribution in [-0.2, 0) is 19.5 Å². The fourth-order valence-electron chi connectivity index (χ4n) is 4.00. The predicted octanol–water partition coefficient (Wildman–Crippen LogP) is 3.11. The first kappa shape index (κ1) is 22.6. The predicted molar refractivity (Wildman–Crippen MR) is 119 cm³/mol. The van der Waals surface area contributed by atoms with Crippen molar-refractivity contribution in [3.8, 4) is 5.75 Å². The van der Waals surface area contributed by atoms with Crippen LogP contribution < -0.4 is 9.46 Å². The summed E-state index contributed by atoms with van der Waals surface area (Å²) in [6.45, 7) is 4.84. The molecule has 0 radical (unpaired) electrons. The van der Waals surface area contributed by atoms with Crippen molar-refractivity contribution in [2.75, 3.05) is 37.6 Å². The Morgan fingerprint density at radius 2 is 1.78 bits per heavy atom. The Morgan fingerprint density at radius 3 is 2.44 bits per heavy atom. The average Bonchev–Trinajstić information content (AvgIpc) is 3.35. The molecule has 32 heavy (non-hydrogen) atoms. The quantitative estimate of drug-likeness (QED) is 0.682. The molecule has 172 valence electrons. The van der Waals surface area contributed by atoms with Crippen molar-refractivity contribution in [2.45, 2.75) is 31.0 Å². The van der Waals surface area contributed by atoms with Gasteiger partial charge in [-0.25, -0.2) is 8.42 Å². The number of sulfonamides is 1. The van der Waals surface area contributed by atoms with E-state index in [1.54, 1.807) is 41.3 Å². The molecule has 0 aromatic heterocycles. The summed E-state index contributed by atoms with van der Waals surface area (Å²) in [7, 11) is -3.84. The highest BCUT2D eigenvalue weighted by atomic mass is 32.2. The maximum Gasteiger partial charge on any atom is 0.261 e. The highest BCUT2D eigenvalue weighted by Gasteiger charge is 2.32. The van der Waals surface area contributed by atoms with Gasteiger partial charge in [-0.3, -0.25) is 9.52 Å². The third-order valence-electron chi connectivity index (χ3n) is 5.67. The molecule has 0 spiro atoms. The van der Waals surface area contributed by atoms with Crippen LogP contribution >= 0.6 is 0 Å². The Hall–Kier alpha value is -2.62. The maximum absolute atomic E-state index is 13.0. The number of amides is 1. The molecule has 1 N–H and O–H groups in total. The summed E-state index contributed by atoms with van der Waals surface area (Å²) >= 11 is 0. The first-order chi connectivity index (χ1) is 15.5.